The molecule has 0 saturated carbocycles. The van der Waals surface area contributed by atoms with E-state index in [0.717, 1.165) is 13.0 Å². The lowest BCUT2D eigenvalue weighted by Gasteiger charge is -2.20. The van der Waals surface area contributed by atoms with E-state index >= 15 is 0 Å². The van der Waals surface area contributed by atoms with E-state index in [1.807, 2.05) is 30.1 Å². The first kappa shape index (κ1) is 12.2. The number of carbonyl (C=O) groups excluding carboxylic acids is 1. The Hall–Kier alpha value is -0.870. The maximum atomic E-state index is 10.9. The zero-order valence-corrected chi connectivity index (χ0v) is 10.3. The molecule has 0 bridgehead atoms. The van der Waals surface area contributed by atoms with Crippen molar-refractivity contribution in [2.24, 2.45) is 5.73 Å². The van der Waals surface area contributed by atoms with Crippen molar-refractivity contribution in [1.29, 1.82) is 0 Å². The summed E-state index contributed by atoms with van der Waals surface area (Å²) in [6.07, 6.45) is 0.909. The average molecular weight is 271 g/mol. The fraction of sp³-hybridized carbons (Fsp3) is 0.364. The molecule has 1 aromatic rings. The number of halogens is 1. The number of alkyl halides is 1. The molecule has 1 amide bonds. The first-order chi connectivity index (χ1) is 7.11. The Kier molecular flexibility index (Phi) is 4.78. The Morgan fingerprint density at radius 1 is 1.47 bits per heavy atom. The van der Waals surface area contributed by atoms with Crippen LogP contribution in [0.5, 0.6) is 0 Å². The minimum absolute atomic E-state index is 0.356. The lowest BCUT2D eigenvalue weighted by Crippen LogP contribution is -2.38. The van der Waals surface area contributed by atoms with Crippen molar-refractivity contribution in [2.75, 3.05) is 13.6 Å². The first-order valence-corrected chi connectivity index (χ1v) is 5.70. The number of nitrogens with two attached hydrogens (primary N) is 1. The molecule has 2 N–H and O–H groups in total. The number of hydrogen-bond donors (Lipinski definition) is 1. The van der Waals surface area contributed by atoms with E-state index in [1.165, 1.54) is 5.56 Å². The van der Waals surface area contributed by atoms with Crippen molar-refractivity contribution in [1.82, 2.24) is 4.90 Å². The summed E-state index contributed by atoms with van der Waals surface area (Å²) in [4.78, 5) is 12.4. The molecule has 15 heavy (non-hydrogen) atoms. The number of benzene rings is 1. The van der Waals surface area contributed by atoms with Gasteiger partial charge in [0, 0.05) is 6.54 Å². The van der Waals surface area contributed by atoms with Crippen LogP contribution in [0.15, 0.2) is 30.3 Å². The van der Waals surface area contributed by atoms with E-state index in [4.69, 9.17) is 5.73 Å². The lowest BCUT2D eigenvalue weighted by atomic mass is 10.1. The number of carbonyl (C=O) groups is 1. The van der Waals surface area contributed by atoms with Crippen LogP contribution in [0.25, 0.3) is 0 Å². The van der Waals surface area contributed by atoms with Gasteiger partial charge in [-0.2, -0.15) is 0 Å². The summed E-state index contributed by atoms with van der Waals surface area (Å²) in [6.45, 7) is 0.795. The maximum Gasteiger partial charge on any atom is 0.245 e. The number of hydrogen-bond acceptors (Lipinski definition) is 2. The number of nitrogens with zero attached hydrogens (tertiary/aromatic N) is 1. The molecule has 0 aliphatic heterocycles. The Morgan fingerprint density at radius 2 is 2.07 bits per heavy atom. The second kappa shape index (κ2) is 5.88. The monoisotopic (exact) mass is 270 g/mol. The summed E-state index contributed by atoms with van der Waals surface area (Å²) in [7, 11) is 1.87. The van der Waals surface area contributed by atoms with Crippen molar-refractivity contribution >= 4 is 21.8 Å². The molecule has 0 aliphatic carbocycles. The molecular weight excluding hydrogens is 256 g/mol. The topological polar surface area (TPSA) is 46.3 Å². The van der Waals surface area contributed by atoms with Crippen LogP contribution in [0, 0.1) is 0 Å². The van der Waals surface area contributed by atoms with Gasteiger partial charge in [0.05, 0.1) is 0 Å². The van der Waals surface area contributed by atoms with Gasteiger partial charge in [0.15, 0.2) is 0 Å². The minimum Gasteiger partial charge on any atom is -0.368 e. The van der Waals surface area contributed by atoms with Gasteiger partial charge in [-0.15, -0.1) is 0 Å². The molecule has 0 heterocycles. The van der Waals surface area contributed by atoms with E-state index < -0.39 is 0 Å². The highest BCUT2D eigenvalue weighted by Gasteiger charge is 2.15. The Labute approximate surface area is 98.4 Å². The molecule has 1 aromatic carbocycles. The van der Waals surface area contributed by atoms with Crippen molar-refractivity contribution < 1.29 is 4.79 Å². The molecule has 0 saturated heterocycles. The van der Waals surface area contributed by atoms with Gasteiger partial charge in [0.2, 0.25) is 5.91 Å². The van der Waals surface area contributed by atoms with E-state index in [2.05, 4.69) is 28.1 Å². The fourth-order valence-corrected chi connectivity index (χ4v) is 1.49. The normalized spacial score (nSPS) is 12.7. The largest absolute Gasteiger partial charge is 0.368 e. The summed E-state index contributed by atoms with van der Waals surface area (Å²) >= 11 is 3.23. The molecule has 1 atom stereocenters. The van der Waals surface area contributed by atoms with Crippen LogP contribution in [0.4, 0.5) is 0 Å². The standard InChI is InChI=1S/C11H15BrN2O/c1-14(10(12)11(13)15)8-7-9-5-3-2-4-6-9/h2-6,10H,7-8H2,1H3,(H2,13,15). The second-order valence-corrected chi connectivity index (χ2v) is 4.32. The molecule has 4 heteroatoms. The third-order valence-electron chi connectivity index (χ3n) is 2.22. The number of likely N-dealkylation sites (N-methyl/N-ethyl adjacent to an activating group) is 1. The van der Waals surface area contributed by atoms with Crippen LogP contribution in [0.1, 0.15) is 5.56 Å². The number of rotatable bonds is 5. The highest BCUT2D eigenvalue weighted by Crippen LogP contribution is 2.06. The van der Waals surface area contributed by atoms with Crippen LogP contribution in [0.3, 0.4) is 0 Å². The second-order valence-electron chi connectivity index (χ2n) is 3.45. The quantitative estimate of drug-likeness (QED) is 0.649. The maximum absolute atomic E-state index is 10.9. The SMILES string of the molecule is CN(CCc1ccccc1)C(Br)C(N)=O. The first-order valence-electron chi connectivity index (χ1n) is 4.79. The zero-order chi connectivity index (χ0) is 11.3. The van der Waals surface area contributed by atoms with Crippen molar-refractivity contribution in [2.45, 2.75) is 11.4 Å². The van der Waals surface area contributed by atoms with E-state index in [1.54, 1.807) is 0 Å². The third-order valence-corrected chi connectivity index (χ3v) is 3.37. The molecule has 82 valence electrons. The highest BCUT2D eigenvalue weighted by molar-refractivity contribution is 9.09. The van der Waals surface area contributed by atoms with Gasteiger partial charge in [0.1, 0.15) is 4.95 Å². The van der Waals surface area contributed by atoms with Crippen molar-refractivity contribution in [3.8, 4) is 0 Å². The average Bonchev–Trinajstić information content (AvgIpc) is 2.26. The number of amides is 1. The lowest BCUT2D eigenvalue weighted by molar-refractivity contribution is -0.119. The van der Waals surface area contributed by atoms with Crippen LogP contribution >= 0.6 is 15.9 Å². The minimum atomic E-state index is -0.388. The summed E-state index contributed by atoms with van der Waals surface area (Å²) in [5, 5.41) is 0. The molecule has 0 radical (unpaired) electrons. The van der Waals surface area contributed by atoms with Gasteiger partial charge in [-0.3, -0.25) is 9.69 Å². The molecule has 0 aromatic heterocycles. The third kappa shape index (κ3) is 4.01. The van der Waals surface area contributed by atoms with Gasteiger partial charge in [-0.25, -0.2) is 0 Å². The van der Waals surface area contributed by atoms with E-state index in [-0.39, 0.29) is 10.9 Å². The molecule has 1 rings (SSSR count). The Balaban J connectivity index is 2.41. The molecule has 0 spiro atoms. The van der Waals surface area contributed by atoms with Gasteiger partial charge in [-0.1, -0.05) is 46.3 Å². The molecule has 0 fully saturated rings. The molecule has 1 unspecified atom stereocenters. The smallest absolute Gasteiger partial charge is 0.245 e. The van der Waals surface area contributed by atoms with Crippen LogP contribution in [-0.4, -0.2) is 29.4 Å². The number of primary amides is 1. The van der Waals surface area contributed by atoms with Crippen molar-refractivity contribution in [3.05, 3.63) is 35.9 Å². The Morgan fingerprint density at radius 3 is 2.60 bits per heavy atom. The van der Waals surface area contributed by atoms with Gasteiger partial charge >= 0.3 is 0 Å². The van der Waals surface area contributed by atoms with Crippen molar-refractivity contribution in [3.63, 3.8) is 0 Å². The molecule has 0 aliphatic rings. The molecule has 3 nitrogen and oxygen atoms in total. The highest BCUT2D eigenvalue weighted by atomic mass is 79.9. The van der Waals surface area contributed by atoms with Crippen LogP contribution in [-0.2, 0) is 11.2 Å². The predicted molar refractivity (Wildman–Crippen MR) is 64.7 cm³/mol. The summed E-state index contributed by atoms with van der Waals surface area (Å²) in [6, 6.07) is 10.1. The zero-order valence-electron chi connectivity index (χ0n) is 8.69. The molecular formula is C11H15BrN2O. The van der Waals surface area contributed by atoms with Gasteiger partial charge < -0.3 is 5.73 Å². The van der Waals surface area contributed by atoms with Gasteiger partial charge in [0.25, 0.3) is 0 Å². The van der Waals surface area contributed by atoms with Crippen LogP contribution < -0.4 is 5.73 Å². The predicted octanol–water partition coefficient (Wildman–Crippen LogP) is 1.37. The fourth-order valence-electron chi connectivity index (χ4n) is 1.28. The Bertz CT molecular complexity index is 316. The summed E-state index contributed by atoms with van der Waals surface area (Å²) in [5.41, 5.74) is 6.44. The van der Waals surface area contributed by atoms with E-state index in [0.29, 0.717) is 0 Å². The summed E-state index contributed by atoms with van der Waals surface area (Å²) in [5.74, 6) is -0.356. The van der Waals surface area contributed by atoms with Gasteiger partial charge in [-0.05, 0) is 19.0 Å². The van der Waals surface area contributed by atoms with E-state index in [9.17, 15) is 4.79 Å². The summed E-state index contributed by atoms with van der Waals surface area (Å²) < 4.78 is 0. The van der Waals surface area contributed by atoms with Crippen LogP contribution in [0.2, 0.25) is 0 Å².